The summed E-state index contributed by atoms with van der Waals surface area (Å²) in [6.07, 6.45) is 2.07. The molecular weight excluding hydrogens is 315 g/mol. The molecule has 0 radical (unpaired) electrons. The quantitative estimate of drug-likeness (QED) is 0.453. The van der Waals surface area contributed by atoms with Crippen molar-refractivity contribution in [2.45, 2.75) is 26.2 Å². The van der Waals surface area contributed by atoms with E-state index < -0.39 is 17.7 Å². The summed E-state index contributed by atoms with van der Waals surface area (Å²) in [5.74, 6) is -2.15. The maximum atomic E-state index is 13.0. The summed E-state index contributed by atoms with van der Waals surface area (Å²) in [5.41, 5.74) is 0.299. The van der Waals surface area contributed by atoms with Crippen molar-refractivity contribution in [1.82, 2.24) is 0 Å². The zero-order chi connectivity index (χ0) is 14.4. The van der Waals surface area contributed by atoms with Crippen molar-refractivity contribution >= 4 is 27.7 Å². The van der Waals surface area contributed by atoms with E-state index >= 15 is 0 Å². The third-order valence-corrected chi connectivity index (χ3v) is 3.50. The molecule has 0 heterocycles. The van der Waals surface area contributed by atoms with Gasteiger partial charge in [-0.15, -0.1) is 0 Å². The fourth-order valence-corrected chi connectivity index (χ4v) is 2.33. The molecule has 1 rings (SSSR count). The molecule has 0 aromatic heterocycles. The Balaban J connectivity index is 3.01. The van der Waals surface area contributed by atoms with E-state index in [2.05, 4.69) is 20.7 Å². The van der Waals surface area contributed by atoms with E-state index in [0.717, 1.165) is 12.8 Å². The third kappa shape index (κ3) is 4.13. The van der Waals surface area contributed by atoms with Crippen molar-refractivity contribution in [1.29, 1.82) is 0 Å². The summed E-state index contributed by atoms with van der Waals surface area (Å²) in [4.78, 5) is 24.0. The highest BCUT2D eigenvalue weighted by Gasteiger charge is 2.29. The highest BCUT2D eigenvalue weighted by atomic mass is 79.9. The first-order valence-electron chi connectivity index (χ1n) is 6.08. The van der Waals surface area contributed by atoms with Gasteiger partial charge < -0.3 is 4.74 Å². The lowest BCUT2D eigenvalue weighted by molar-refractivity contribution is -0.143. The van der Waals surface area contributed by atoms with E-state index in [1.54, 1.807) is 0 Å². The zero-order valence-electron chi connectivity index (χ0n) is 10.9. The van der Waals surface area contributed by atoms with Gasteiger partial charge in [0.25, 0.3) is 0 Å². The predicted octanol–water partition coefficient (Wildman–Crippen LogP) is 3.75. The molecule has 1 unspecified atom stereocenters. The van der Waals surface area contributed by atoms with Crippen molar-refractivity contribution in [2.24, 2.45) is 5.92 Å². The summed E-state index contributed by atoms with van der Waals surface area (Å²) >= 11 is 3.14. The van der Waals surface area contributed by atoms with Gasteiger partial charge in [0, 0.05) is 10.0 Å². The van der Waals surface area contributed by atoms with Crippen LogP contribution in [-0.2, 0) is 9.53 Å². The van der Waals surface area contributed by atoms with Crippen LogP contribution in [0.15, 0.2) is 22.7 Å². The molecule has 3 nitrogen and oxygen atoms in total. The van der Waals surface area contributed by atoms with Crippen molar-refractivity contribution in [3.8, 4) is 0 Å². The average molecular weight is 331 g/mol. The van der Waals surface area contributed by atoms with E-state index in [4.69, 9.17) is 0 Å². The SMILES string of the molecule is CCCCC(C(=O)OC)C(=O)c1ccc(F)cc1Br. The maximum absolute atomic E-state index is 13.0. The largest absolute Gasteiger partial charge is 0.468 e. The smallest absolute Gasteiger partial charge is 0.316 e. The lowest BCUT2D eigenvalue weighted by Gasteiger charge is -2.14. The average Bonchev–Trinajstić information content (AvgIpc) is 2.38. The van der Waals surface area contributed by atoms with Gasteiger partial charge in [0.2, 0.25) is 0 Å². The van der Waals surface area contributed by atoms with Crippen molar-refractivity contribution in [3.05, 3.63) is 34.1 Å². The second kappa shape index (κ2) is 7.38. The van der Waals surface area contributed by atoms with Crippen LogP contribution in [0.4, 0.5) is 4.39 Å². The van der Waals surface area contributed by atoms with E-state index in [1.165, 1.54) is 25.3 Å². The number of ketones is 1. The number of ether oxygens (including phenoxy) is 1. The Morgan fingerprint density at radius 2 is 2.11 bits per heavy atom. The predicted molar refractivity (Wildman–Crippen MR) is 73.5 cm³/mol. The molecular formula is C14H16BrFO3. The molecule has 1 atom stereocenters. The topological polar surface area (TPSA) is 43.4 Å². The van der Waals surface area contributed by atoms with Gasteiger partial charge in [0.05, 0.1) is 7.11 Å². The molecule has 0 N–H and O–H groups in total. The van der Waals surface area contributed by atoms with Gasteiger partial charge in [-0.2, -0.15) is 0 Å². The lowest BCUT2D eigenvalue weighted by atomic mass is 9.93. The van der Waals surface area contributed by atoms with E-state index in [1.807, 2.05) is 6.92 Å². The number of carbonyl (C=O) groups excluding carboxylic acids is 2. The third-order valence-electron chi connectivity index (χ3n) is 2.85. The monoisotopic (exact) mass is 330 g/mol. The lowest BCUT2D eigenvalue weighted by Crippen LogP contribution is -2.25. The molecule has 19 heavy (non-hydrogen) atoms. The number of rotatable bonds is 6. The standard InChI is InChI=1S/C14H16BrFO3/c1-3-4-5-11(14(18)19-2)13(17)10-7-6-9(16)8-12(10)15/h6-8,11H,3-5H2,1-2H3. The van der Waals surface area contributed by atoms with Gasteiger partial charge in [-0.25, -0.2) is 4.39 Å². The molecule has 5 heteroatoms. The van der Waals surface area contributed by atoms with Gasteiger partial charge in [-0.05, 0) is 40.5 Å². The van der Waals surface area contributed by atoms with Gasteiger partial charge >= 0.3 is 5.97 Å². The van der Waals surface area contributed by atoms with Crippen molar-refractivity contribution < 1.29 is 18.7 Å². The molecule has 104 valence electrons. The Morgan fingerprint density at radius 1 is 1.42 bits per heavy atom. The van der Waals surface area contributed by atoms with E-state index in [-0.39, 0.29) is 5.78 Å². The van der Waals surface area contributed by atoms with Crippen LogP contribution in [0.25, 0.3) is 0 Å². The minimum absolute atomic E-state index is 0.299. The van der Waals surface area contributed by atoms with Gasteiger partial charge in [-0.1, -0.05) is 19.8 Å². The Bertz CT molecular complexity index is 474. The van der Waals surface area contributed by atoms with Crippen LogP contribution < -0.4 is 0 Å². The van der Waals surface area contributed by atoms with Crippen LogP contribution in [-0.4, -0.2) is 18.9 Å². The summed E-state index contributed by atoms with van der Waals surface area (Å²) in [7, 11) is 1.26. The van der Waals surface area contributed by atoms with Gasteiger partial charge in [0.15, 0.2) is 5.78 Å². The highest BCUT2D eigenvalue weighted by molar-refractivity contribution is 9.10. The normalized spacial score (nSPS) is 12.0. The first kappa shape index (κ1) is 15.8. The summed E-state index contributed by atoms with van der Waals surface area (Å²) in [6.45, 7) is 1.98. The molecule has 0 aliphatic rings. The number of hydrogen-bond acceptors (Lipinski definition) is 3. The van der Waals surface area contributed by atoms with Crippen molar-refractivity contribution in [2.75, 3.05) is 7.11 Å². The summed E-state index contributed by atoms with van der Waals surface area (Å²) in [5, 5.41) is 0. The highest BCUT2D eigenvalue weighted by Crippen LogP contribution is 2.24. The number of benzene rings is 1. The Kier molecular flexibility index (Phi) is 6.15. The fourth-order valence-electron chi connectivity index (χ4n) is 1.78. The first-order chi connectivity index (χ1) is 9.01. The molecule has 1 aromatic rings. The number of methoxy groups -OCH3 is 1. The Morgan fingerprint density at radius 3 is 2.63 bits per heavy atom. The molecule has 0 spiro atoms. The van der Waals surface area contributed by atoms with Gasteiger partial charge in [-0.3, -0.25) is 9.59 Å². The number of carbonyl (C=O) groups is 2. The Hall–Kier alpha value is -1.23. The molecule has 0 aliphatic carbocycles. The Labute approximate surface area is 120 Å². The van der Waals surface area contributed by atoms with Crippen molar-refractivity contribution in [3.63, 3.8) is 0 Å². The van der Waals surface area contributed by atoms with Crippen LogP contribution in [0.1, 0.15) is 36.5 Å². The molecule has 0 fully saturated rings. The number of hydrogen-bond donors (Lipinski definition) is 0. The minimum atomic E-state index is -0.827. The molecule has 0 saturated carbocycles. The second-order valence-electron chi connectivity index (χ2n) is 4.21. The van der Waals surface area contributed by atoms with Crippen LogP contribution in [0.3, 0.4) is 0 Å². The van der Waals surface area contributed by atoms with Crippen LogP contribution >= 0.6 is 15.9 Å². The minimum Gasteiger partial charge on any atom is -0.468 e. The zero-order valence-corrected chi connectivity index (χ0v) is 12.5. The maximum Gasteiger partial charge on any atom is 0.316 e. The van der Waals surface area contributed by atoms with Gasteiger partial charge in [0.1, 0.15) is 11.7 Å². The summed E-state index contributed by atoms with van der Waals surface area (Å²) < 4.78 is 18.0. The molecule has 0 saturated heterocycles. The number of unbranched alkanes of at least 4 members (excludes halogenated alkanes) is 1. The van der Waals surface area contributed by atoms with Crippen LogP contribution in [0.5, 0.6) is 0 Å². The van der Waals surface area contributed by atoms with Crippen LogP contribution in [0.2, 0.25) is 0 Å². The molecule has 0 bridgehead atoms. The van der Waals surface area contributed by atoms with Crippen LogP contribution in [0, 0.1) is 11.7 Å². The number of halogens is 2. The molecule has 1 aromatic carbocycles. The molecule has 0 amide bonds. The number of Topliss-reactive ketones (excluding diaryl/α,β-unsaturated/α-hetero) is 1. The fraction of sp³-hybridized carbons (Fsp3) is 0.429. The first-order valence-corrected chi connectivity index (χ1v) is 6.87. The second-order valence-corrected chi connectivity index (χ2v) is 5.06. The molecule has 0 aliphatic heterocycles. The number of esters is 1. The van der Waals surface area contributed by atoms with E-state index in [9.17, 15) is 14.0 Å². The van der Waals surface area contributed by atoms with E-state index in [0.29, 0.717) is 16.5 Å². The summed E-state index contributed by atoms with van der Waals surface area (Å²) in [6, 6.07) is 3.79.